The summed E-state index contributed by atoms with van der Waals surface area (Å²) in [6.07, 6.45) is 7.40. The van der Waals surface area contributed by atoms with Crippen LogP contribution < -0.4 is 5.56 Å². The van der Waals surface area contributed by atoms with Crippen molar-refractivity contribution in [3.05, 3.63) is 81.7 Å². The Bertz CT molecular complexity index is 1040. The summed E-state index contributed by atoms with van der Waals surface area (Å²) in [5, 5.41) is 0. The van der Waals surface area contributed by atoms with Gasteiger partial charge in [0, 0.05) is 56.2 Å². The molecule has 0 aromatic carbocycles. The molecule has 3 aromatic rings. The minimum atomic E-state index is -0.162. The summed E-state index contributed by atoms with van der Waals surface area (Å²) in [7, 11) is 0. The molecule has 0 N–H and O–H groups in total. The topological polar surface area (TPSA) is 81.2 Å². The van der Waals surface area contributed by atoms with E-state index in [0.717, 1.165) is 23.4 Å². The molecule has 3 aromatic heterocycles. The molecule has 1 aliphatic rings. The largest absolute Gasteiger partial charge is 0.445 e. The van der Waals surface area contributed by atoms with Gasteiger partial charge < -0.3 is 13.9 Å². The highest BCUT2D eigenvalue weighted by Crippen LogP contribution is 2.22. The molecule has 0 spiro atoms. The second-order valence-corrected chi connectivity index (χ2v) is 6.86. The van der Waals surface area contributed by atoms with Gasteiger partial charge in [0.25, 0.3) is 11.5 Å². The number of pyridine rings is 2. The van der Waals surface area contributed by atoms with Gasteiger partial charge in [-0.25, -0.2) is 4.98 Å². The Hall–Kier alpha value is -3.22. The third-order valence-corrected chi connectivity index (χ3v) is 4.99. The number of amides is 1. The Labute approximate surface area is 162 Å². The zero-order valence-corrected chi connectivity index (χ0v) is 15.8. The predicted octanol–water partition coefficient (Wildman–Crippen LogP) is 2.23. The van der Waals surface area contributed by atoms with Gasteiger partial charge in [-0.3, -0.25) is 14.6 Å². The number of oxazole rings is 1. The fourth-order valence-electron chi connectivity index (χ4n) is 3.41. The van der Waals surface area contributed by atoms with Crippen molar-refractivity contribution in [3.63, 3.8) is 0 Å². The molecule has 7 nitrogen and oxygen atoms in total. The van der Waals surface area contributed by atoms with E-state index in [9.17, 15) is 9.59 Å². The highest BCUT2D eigenvalue weighted by atomic mass is 16.4. The standard InChI is InChI=1S/C21H22N4O3/c1-2-24-10-7-16(12-20(24)26)21(27)25-11-8-18-17(14-25)23-19(28-18)6-5-15-4-3-9-22-13-15/h3-4,7,9-10,12-13H,2,5-6,8,11,14H2,1H3. The van der Waals surface area contributed by atoms with E-state index in [1.54, 1.807) is 27.9 Å². The fourth-order valence-corrected chi connectivity index (χ4v) is 3.41. The first-order valence-electron chi connectivity index (χ1n) is 9.50. The molecule has 1 aliphatic heterocycles. The molecule has 0 atom stereocenters. The van der Waals surface area contributed by atoms with Crippen molar-refractivity contribution >= 4 is 5.91 Å². The van der Waals surface area contributed by atoms with E-state index in [1.165, 1.54) is 6.07 Å². The molecule has 4 rings (SSSR count). The highest BCUT2D eigenvalue weighted by molar-refractivity contribution is 5.94. The van der Waals surface area contributed by atoms with Crippen molar-refractivity contribution < 1.29 is 9.21 Å². The van der Waals surface area contributed by atoms with Crippen molar-refractivity contribution in [3.8, 4) is 0 Å². The summed E-state index contributed by atoms with van der Waals surface area (Å²) in [6.45, 7) is 3.44. The number of carbonyl (C=O) groups excluding carboxylic acids is 1. The summed E-state index contributed by atoms with van der Waals surface area (Å²) >= 11 is 0. The van der Waals surface area contributed by atoms with Crippen molar-refractivity contribution in [1.29, 1.82) is 0 Å². The van der Waals surface area contributed by atoms with Gasteiger partial charge in [-0.2, -0.15) is 0 Å². The third kappa shape index (κ3) is 3.74. The maximum atomic E-state index is 12.8. The Morgan fingerprint density at radius 2 is 2.18 bits per heavy atom. The number of hydrogen-bond acceptors (Lipinski definition) is 5. The van der Waals surface area contributed by atoms with Crippen LogP contribution in [0.15, 0.2) is 52.1 Å². The molecule has 1 amide bonds. The summed E-state index contributed by atoms with van der Waals surface area (Å²) < 4.78 is 7.45. The second kappa shape index (κ2) is 7.80. The van der Waals surface area contributed by atoms with Crippen LogP contribution in [0.25, 0.3) is 0 Å². The SMILES string of the molecule is CCn1ccc(C(=O)N2CCc3oc(CCc4cccnc4)nc3C2)cc1=O. The normalized spacial score (nSPS) is 13.4. The average Bonchev–Trinajstić information content (AvgIpc) is 3.14. The minimum absolute atomic E-state index is 0.147. The van der Waals surface area contributed by atoms with E-state index in [1.807, 2.05) is 25.3 Å². The zero-order valence-electron chi connectivity index (χ0n) is 15.8. The molecule has 0 saturated carbocycles. The van der Waals surface area contributed by atoms with Crippen molar-refractivity contribution in [2.24, 2.45) is 0 Å². The number of fused-ring (bicyclic) bond motifs is 1. The molecular formula is C21H22N4O3. The number of nitrogens with zero attached hydrogens (tertiary/aromatic N) is 4. The molecule has 0 radical (unpaired) electrons. The Balaban J connectivity index is 1.44. The lowest BCUT2D eigenvalue weighted by molar-refractivity contribution is 0.0727. The van der Waals surface area contributed by atoms with Crippen molar-refractivity contribution in [1.82, 2.24) is 19.4 Å². The van der Waals surface area contributed by atoms with Crippen LogP contribution in [0.5, 0.6) is 0 Å². The summed E-state index contributed by atoms with van der Waals surface area (Å²) in [6, 6.07) is 7.05. The van der Waals surface area contributed by atoms with Crippen LogP contribution in [0.1, 0.15) is 40.2 Å². The molecule has 0 fully saturated rings. The van der Waals surface area contributed by atoms with Gasteiger partial charge in [0.2, 0.25) is 0 Å². The maximum absolute atomic E-state index is 12.8. The molecule has 7 heteroatoms. The predicted molar refractivity (Wildman–Crippen MR) is 103 cm³/mol. The molecule has 0 unspecified atom stereocenters. The van der Waals surface area contributed by atoms with E-state index in [4.69, 9.17) is 4.42 Å². The zero-order chi connectivity index (χ0) is 19.5. The van der Waals surface area contributed by atoms with Crippen molar-refractivity contribution in [2.75, 3.05) is 6.54 Å². The Kier molecular flexibility index (Phi) is 5.06. The van der Waals surface area contributed by atoms with Crippen LogP contribution >= 0.6 is 0 Å². The molecule has 0 saturated heterocycles. The lowest BCUT2D eigenvalue weighted by atomic mass is 10.1. The quantitative estimate of drug-likeness (QED) is 0.680. The van der Waals surface area contributed by atoms with Crippen LogP contribution in [0.4, 0.5) is 0 Å². The van der Waals surface area contributed by atoms with Gasteiger partial charge in [-0.05, 0) is 31.0 Å². The average molecular weight is 378 g/mol. The highest BCUT2D eigenvalue weighted by Gasteiger charge is 2.26. The van der Waals surface area contributed by atoms with Gasteiger partial charge >= 0.3 is 0 Å². The van der Waals surface area contributed by atoms with Crippen LogP contribution in [-0.4, -0.2) is 31.9 Å². The number of hydrogen-bond donors (Lipinski definition) is 0. The number of aryl methyl sites for hydroxylation is 3. The van der Waals surface area contributed by atoms with Crippen LogP contribution in [0.3, 0.4) is 0 Å². The van der Waals surface area contributed by atoms with E-state index < -0.39 is 0 Å². The number of rotatable bonds is 5. The molecule has 144 valence electrons. The van der Waals surface area contributed by atoms with E-state index in [2.05, 4.69) is 9.97 Å². The van der Waals surface area contributed by atoms with Crippen LogP contribution in [0, 0.1) is 0 Å². The van der Waals surface area contributed by atoms with Crippen LogP contribution in [-0.2, 0) is 32.4 Å². The second-order valence-electron chi connectivity index (χ2n) is 6.86. The lowest BCUT2D eigenvalue weighted by Crippen LogP contribution is -2.36. The van der Waals surface area contributed by atoms with Gasteiger partial charge in [0.05, 0.1) is 6.54 Å². The van der Waals surface area contributed by atoms with E-state index in [0.29, 0.717) is 43.9 Å². The lowest BCUT2D eigenvalue weighted by Gasteiger charge is -2.25. The molecular weight excluding hydrogens is 356 g/mol. The summed E-state index contributed by atoms with van der Waals surface area (Å²) in [5.74, 6) is 1.39. The van der Waals surface area contributed by atoms with Gasteiger partial charge in [-0.15, -0.1) is 0 Å². The molecule has 4 heterocycles. The van der Waals surface area contributed by atoms with Crippen LogP contribution in [0.2, 0.25) is 0 Å². The fraction of sp³-hybridized carbons (Fsp3) is 0.333. The third-order valence-electron chi connectivity index (χ3n) is 4.99. The van der Waals surface area contributed by atoms with Gasteiger partial charge in [-0.1, -0.05) is 6.07 Å². The minimum Gasteiger partial charge on any atom is -0.445 e. The van der Waals surface area contributed by atoms with E-state index >= 15 is 0 Å². The van der Waals surface area contributed by atoms with Crippen molar-refractivity contribution in [2.45, 2.75) is 39.3 Å². The monoisotopic (exact) mass is 378 g/mol. The van der Waals surface area contributed by atoms with E-state index in [-0.39, 0.29) is 11.5 Å². The molecule has 28 heavy (non-hydrogen) atoms. The first-order chi connectivity index (χ1) is 13.6. The Morgan fingerprint density at radius 1 is 1.29 bits per heavy atom. The molecule has 0 aliphatic carbocycles. The number of aromatic nitrogens is 3. The van der Waals surface area contributed by atoms with Gasteiger partial charge in [0.15, 0.2) is 5.89 Å². The smallest absolute Gasteiger partial charge is 0.254 e. The molecule has 0 bridgehead atoms. The number of carbonyl (C=O) groups is 1. The first kappa shape index (κ1) is 18.2. The summed E-state index contributed by atoms with van der Waals surface area (Å²) in [5.41, 5.74) is 2.20. The first-order valence-corrected chi connectivity index (χ1v) is 9.50. The maximum Gasteiger partial charge on any atom is 0.254 e. The van der Waals surface area contributed by atoms with Gasteiger partial charge in [0.1, 0.15) is 11.5 Å². The summed E-state index contributed by atoms with van der Waals surface area (Å²) in [4.78, 5) is 35.2. The Morgan fingerprint density at radius 3 is 2.93 bits per heavy atom.